The minimum Gasteiger partial charge on any atom is -0.328 e. The van der Waals surface area contributed by atoms with Crippen molar-refractivity contribution in [2.24, 2.45) is 5.92 Å². The second-order valence-corrected chi connectivity index (χ2v) is 37.7. The van der Waals surface area contributed by atoms with Crippen molar-refractivity contribution in [1.82, 2.24) is 0 Å². The topological polar surface area (TPSA) is 6.48 Å². The summed E-state index contributed by atoms with van der Waals surface area (Å²) < 4.78 is 6.62. The number of benzene rings is 1. The van der Waals surface area contributed by atoms with Gasteiger partial charge in [-0.25, -0.2) is 0 Å². The van der Waals surface area contributed by atoms with E-state index in [4.69, 9.17) is 0 Å². The molecule has 0 spiro atoms. The lowest BCUT2D eigenvalue weighted by Gasteiger charge is -2.47. The molecule has 51 heavy (non-hydrogen) atoms. The van der Waals surface area contributed by atoms with Gasteiger partial charge in [0, 0.05) is 49.1 Å². The lowest BCUT2D eigenvalue weighted by atomic mass is 10.1. The first-order chi connectivity index (χ1) is 24.3. The molecule has 288 valence electrons. The van der Waals surface area contributed by atoms with Crippen LogP contribution < -0.4 is 8.88 Å². The molecule has 0 bridgehead atoms. The SMILES string of the molecule is C[C@H]1C[C@H](C)P(C(c2cc(N(P3[C@@H](C)CC[C@@H]3C)P3[C@@H](C)CC[C@@H]3C)cc(N(P3[C@@H](C)CC[C@@H]3C)P3[C@@H](C)CC[C@@H]3C)c2)P2[C@@H](C)CC[C@@H]2C)C1. The van der Waals surface area contributed by atoms with Gasteiger partial charge in [-0.1, -0.05) is 98.9 Å². The fourth-order valence-electron chi connectivity index (χ4n) is 11.9. The molecule has 0 radical (unpaired) electrons. The van der Waals surface area contributed by atoms with Crippen LogP contribution in [0.5, 0.6) is 0 Å². The monoisotopic (exact) mass is 806 g/mol. The highest BCUT2D eigenvalue weighted by Crippen LogP contribution is 2.80. The molecule has 0 N–H and O–H groups in total. The average Bonchev–Trinajstić information content (AvgIpc) is 3.92. The Morgan fingerprint density at radius 2 is 0.745 bits per heavy atom. The predicted octanol–water partition coefficient (Wildman–Crippen LogP) is 16.1. The smallest absolute Gasteiger partial charge is 0.0457 e. The molecule has 0 aliphatic carbocycles. The summed E-state index contributed by atoms with van der Waals surface area (Å²) in [5.74, 6) is 0.909. The Morgan fingerprint density at radius 3 is 1.04 bits per heavy atom. The molecule has 0 amide bonds. The van der Waals surface area contributed by atoms with Gasteiger partial charge in [0.15, 0.2) is 0 Å². The van der Waals surface area contributed by atoms with Crippen molar-refractivity contribution in [2.45, 2.75) is 221 Å². The van der Waals surface area contributed by atoms with E-state index in [-0.39, 0.29) is 48.1 Å². The van der Waals surface area contributed by atoms with Crippen molar-refractivity contribution in [3.63, 3.8) is 0 Å². The molecule has 7 rings (SSSR count). The summed E-state index contributed by atoms with van der Waals surface area (Å²) >= 11 is 0. The molecule has 6 heterocycles. The second-order valence-electron chi connectivity index (χ2n) is 19.0. The third-order valence-corrected chi connectivity index (χ3v) is 37.5. The maximum Gasteiger partial charge on any atom is 0.0457 e. The minimum atomic E-state index is -0.180. The quantitative estimate of drug-likeness (QED) is 0.229. The number of rotatable bonds is 9. The van der Waals surface area contributed by atoms with Crippen LogP contribution in [0.15, 0.2) is 18.2 Å². The van der Waals surface area contributed by atoms with Crippen molar-refractivity contribution in [2.75, 3.05) is 15.0 Å². The van der Waals surface area contributed by atoms with Gasteiger partial charge >= 0.3 is 0 Å². The molecule has 6 fully saturated rings. The summed E-state index contributed by atoms with van der Waals surface area (Å²) in [6.45, 7) is 32.0. The van der Waals surface area contributed by atoms with E-state index in [1.54, 1.807) is 11.4 Å². The molecule has 1 aromatic rings. The van der Waals surface area contributed by atoms with Gasteiger partial charge in [-0.3, -0.25) is 0 Å². The molecule has 2 unspecified atom stereocenters. The van der Waals surface area contributed by atoms with Gasteiger partial charge in [0.05, 0.1) is 0 Å². The van der Waals surface area contributed by atoms with Gasteiger partial charge < -0.3 is 8.88 Å². The van der Waals surface area contributed by atoms with Crippen LogP contribution in [0.25, 0.3) is 0 Å². The van der Waals surface area contributed by atoms with Crippen LogP contribution >= 0.6 is 48.1 Å². The number of hydrogen-bond donors (Lipinski definition) is 0. The molecular weight excluding hydrogens is 730 g/mol. The maximum absolute atomic E-state index is 3.31. The largest absolute Gasteiger partial charge is 0.328 e. The number of nitrogens with zero attached hydrogens (tertiary/aromatic N) is 2. The first-order valence-corrected chi connectivity index (χ1v) is 30.6. The van der Waals surface area contributed by atoms with Gasteiger partial charge in [0.2, 0.25) is 0 Å². The van der Waals surface area contributed by atoms with Crippen molar-refractivity contribution in [1.29, 1.82) is 0 Å². The predicted molar refractivity (Wildman–Crippen MR) is 245 cm³/mol. The lowest BCUT2D eigenvalue weighted by molar-refractivity contribution is 0.626. The Balaban J connectivity index is 1.48. The van der Waals surface area contributed by atoms with E-state index in [2.05, 4.69) is 110 Å². The van der Waals surface area contributed by atoms with E-state index in [1.165, 1.54) is 76.8 Å². The molecule has 8 heteroatoms. The molecule has 2 nitrogen and oxygen atoms in total. The van der Waals surface area contributed by atoms with Crippen LogP contribution in [-0.2, 0) is 0 Å². The summed E-state index contributed by atoms with van der Waals surface area (Å²) in [7, 11) is -0.757. The minimum absolute atomic E-state index is 0.0116. The summed E-state index contributed by atoms with van der Waals surface area (Å²) in [4.78, 5) is 0. The second kappa shape index (κ2) is 16.7. The fraction of sp³-hybridized carbons (Fsp3) is 0.860. The number of anilines is 2. The Morgan fingerprint density at radius 1 is 0.431 bits per heavy atom. The van der Waals surface area contributed by atoms with Crippen LogP contribution in [0, 0.1) is 5.92 Å². The van der Waals surface area contributed by atoms with E-state index in [0.717, 1.165) is 73.6 Å². The van der Waals surface area contributed by atoms with Crippen molar-refractivity contribution in [3.05, 3.63) is 23.8 Å². The van der Waals surface area contributed by atoms with Crippen LogP contribution in [0.4, 0.5) is 11.4 Å². The third-order valence-electron chi connectivity index (χ3n) is 14.6. The fourth-order valence-corrected chi connectivity index (χ4v) is 39.3. The molecule has 6 aliphatic heterocycles. The van der Waals surface area contributed by atoms with E-state index in [0.29, 0.717) is 0 Å². The van der Waals surface area contributed by atoms with Crippen molar-refractivity contribution in [3.8, 4) is 0 Å². The Kier molecular flexibility index (Phi) is 13.3. The average molecular weight is 807 g/mol. The summed E-state index contributed by atoms with van der Waals surface area (Å²) in [6, 6.07) is 8.81. The summed E-state index contributed by atoms with van der Waals surface area (Å²) in [5.41, 5.74) is 14.9. The highest BCUT2D eigenvalue weighted by atomic mass is 31.2. The van der Waals surface area contributed by atoms with Crippen LogP contribution in [-0.4, -0.2) is 68.4 Å². The van der Waals surface area contributed by atoms with Crippen molar-refractivity contribution < 1.29 is 0 Å². The molecule has 0 saturated carbocycles. The Hall–Kier alpha value is 1.40. The van der Waals surface area contributed by atoms with Gasteiger partial charge in [0.25, 0.3) is 0 Å². The molecule has 6 aliphatic rings. The van der Waals surface area contributed by atoms with Gasteiger partial charge in [-0.2, -0.15) is 0 Å². The molecule has 1 aromatic carbocycles. The van der Waals surface area contributed by atoms with Crippen LogP contribution in [0.1, 0.15) is 165 Å². The summed E-state index contributed by atoms with van der Waals surface area (Å²) in [5, 5.41) is 0.833. The van der Waals surface area contributed by atoms with E-state index < -0.39 is 0 Å². The Bertz CT molecular complexity index is 1180. The van der Waals surface area contributed by atoms with E-state index in [1.807, 2.05) is 5.56 Å². The first-order valence-electron chi connectivity index (χ1n) is 21.7. The summed E-state index contributed by atoms with van der Waals surface area (Å²) in [6.07, 6.45) is 17.5. The number of hydrogen-bond acceptors (Lipinski definition) is 2. The van der Waals surface area contributed by atoms with E-state index >= 15 is 0 Å². The van der Waals surface area contributed by atoms with Gasteiger partial charge in [-0.15, -0.1) is 0 Å². The van der Waals surface area contributed by atoms with Crippen LogP contribution in [0.2, 0.25) is 0 Å². The molecular formula is C43H76N2P6. The molecule has 14 atom stereocenters. The van der Waals surface area contributed by atoms with Crippen molar-refractivity contribution >= 4 is 59.5 Å². The highest BCUT2D eigenvalue weighted by molar-refractivity contribution is 7.79. The Labute approximate surface area is 324 Å². The zero-order valence-electron chi connectivity index (χ0n) is 34.8. The van der Waals surface area contributed by atoms with Gasteiger partial charge in [0.1, 0.15) is 0 Å². The first kappa shape index (κ1) is 40.6. The highest BCUT2D eigenvalue weighted by Gasteiger charge is 2.49. The zero-order valence-corrected chi connectivity index (χ0v) is 40.2. The lowest BCUT2D eigenvalue weighted by Crippen LogP contribution is -2.25. The van der Waals surface area contributed by atoms with Crippen LogP contribution in [0.3, 0.4) is 0 Å². The van der Waals surface area contributed by atoms with E-state index in [9.17, 15) is 0 Å². The molecule has 6 saturated heterocycles. The maximum atomic E-state index is 3.31. The van der Waals surface area contributed by atoms with Gasteiger partial charge in [-0.05, 0) is 169 Å². The standard InChI is InChI=1S/C43H76N2P6/c1-28-23-39(12)46(27-28)43(47-29(2)13-14-30(47)3)40-24-41(44(48-31(4)15-16-32(48)5)49-33(6)17-18-34(49)7)26-42(25-40)45(50-35(8)19-20-36(50)9)51-37(10)21-22-38(51)11/h24-26,28-39,43H,13-23,27H2,1-12H3/t28-,29-,30-,31-,32-,33-,34-,35-,36-,37-,38-,39-,43?,46?/m0/s1. The zero-order chi connectivity index (χ0) is 36.5. The normalized spacial score (nSPS) is 42.5. The molecule has 0 aromatic heterocycles. The third kappa shape index (κ3) is 7.85.